The summed E-state index contributed by atoms with van der Waals surface area (Å²) in [7, 11) is 0. The SMILES string of the molecule is CC1CCC2C(C)(C)C2(Oc2ccc(Oc3ccc(Oc4ccc(OC56CC(C)CCC5C6(C)C)c(OC56CC(C)CCC5C6(C)C)c4)cc3)cc2OC23CC(C)CCC2C3(C)C)C1. The first-order valence-electron chi connectivity index (χ1n) is 25.7. The molecule has 8 aliphatic carbocycles. The quantitative estimate of drug-likeness (QED) is 0.181. The molecule has 8 aliphatic rings. The zero-order valence-corrected chi connectivity index (χ0v) is 41.3. The van der Waals surface area contributed by atoms with Crippen molar-refractivity contribution in [2.45, 2.75) is 183 Å². The summed E-state index contributed by atoms with van der Waals surface area (Å²) in [6.45, 7) is 28.8. The Morgan fingerprint density at radius 1 is 0.328 bits per heavy atom. The van der Waals surface area contributed by atoms with Crippen molar-refractivity contribution in [3.8, 4) is 46.0 Å². The van der Waals surface area contributed by atoms with E-state index in [1.54, 1.807) is 0 Å². The van der Waals surface area contributed by atoms with Gasteiger partial charge in [0.2, 0.25) is 0 Å². The molecule has 8 saturated carbocycles. The van der Waals surface area contributed by atoms with Gasteiger partial charge in [-0.3, -0.25) is 0 Å². The van der Waals surface area contributed by atoms with Crippen LogP contribution in [0.2, 0.25) is 0 Å². The van der Waals surface area contributed by atoms with Crippen molar-refractivity contribution in [2.24, 2.45) is 69.0 Å². The highest BCUT2D eigenvalue weighted by Gasteiger charge is 2.78. The first kappa shape index (κ1) is 43.1. The van der Waals surface area contributed by atoms with Crippen LogP contribution >= 0.6 is 0 Å². The van der Waals surface area contributed by atoms with Crippen LogP contribution in [0.3, 0.4) is 0 Å². The van der Waals surface area contributed by atoms with Crippen LogP contribution in [0.15, 0.2) is 60.7 Å². The molecular formula is C58H78O6. The highest BCUT2D eigenvalue weighted by atomic mass is 16.6. The van der Waals surface area contributed by atoms with Crippen molar-refractivity contribution in [3.05, 3.63) is 60.7 Å². The molecule has 64 heavy (non-hydrogen) atoms. The summed E-state index contributed by atoms with van der Waals surface area (Å²) in [5.74, 6) is 11.2. The van der Waals surface area contributed by atoms with E-state index in [1.807, 2.05) is 24.3 Å². The number of fused-ring (bicyclic) bond motifs is 4. The lowest BCUT2D eigenvalue weighted by Gasteiger charge is -2.33. The van der Waals surface area contributed by atoms with Gasteiger partial charge in [0.05, 0.1) is 0 Å². The van der Waals surface area contributed by atoms with E-state index in [9.17, 15) is 0 Å². The third-order valence-electron chi connectivity index (χ3n) is 20.5. The second-order valence-electron chi connectivity index (χ2n) is 25.5. The Kier molecular flexibility index (Phi) is 9.42. The average molecular weight is 871 g/mol. The molecule has 0 heterocycles. The molecule has 3 aromatic rings. The fourth-order valence-corrected chi connectivity index (χ4v) is 16.0. The fraction of sp³-hybridized carbons (Fsp3) is 0.690. The van der Waals surface area contributed by atoms with Gasteiger partial charge in [0.1, 0.15) is 45.4 Å². The van der Waals surface area contributed by atoms with Crippen molar-refractivity contribution >= 4 is 0 Å². The maximum Gasteiger partial charge on any atom is 0.165 e. The summed E-state index contributed by atoms with van der Waals surface area (Å²) in [5.41, 5.74) is -0.112. The van der Waals surface area contributed by atoms with Gasteiger partial charge >= 0.3 is 0 Å². The second kappa shape index (κ2) is 14.0. The summed E-state index contributed by atoms with van der Waals surface area (Å²) in [6.07, 6.45) is 14.3. The maximum absolute atomic E-state index is 7.31. The summed E-state index contributed by atoms with van der Waals surface area (Å²) in [4.78, 5) is 0. The molecule has 8 fully saturated rings. The van der Waals surface area contributed by atoms with E-state index in [0.717, 1.165) is 71.7 Å². The van der Waals surface area contributed by atoms with Crippen LogP contribution in [-0.4, -0.2) is 22.4 Å². The molecule has 6 nitrogen and oxygen atoms in total. The van der Waals surface area contributed by atoms with Gasteiger partial charge in [-0.25, -0.2) is 0 Å². The average Bonchev–Trinajstić information content (AvgIpc) is 4.13. The predicted octanol–water partition coefficient (Wildman–Crippen LogP) is 15.6. The first-order chi connectivity index (χ1) is 30.2. The van der Waals surface area contributed by atoms with Gasteiger partial charge in [-0.1, -0.05) is 109 Å². The lowest BCUT2D eigenvalue weighted by molar-refractivity contribution is 0.0574. The van der Waals surface area contributed by atoms with Crippen molar-refractivity contribution in [3.63, 3.8) is 0 Å². The Morgan fingerprint density at radius 2 is 0.578 bits per heavy atom. The van der Waals surface area contributed by atoms with E-state index in [0.29, 0.717) is 47.3 Å². The van der Waals surface area contributed by atoms with Crippen LogP contribution in [0, 0.1) is 69.0 Å². The minimum atomic E-state index is -0.179. The molecule has 0 aromatic heterocycles. The zero-order valence-electron chi connectivity index (χ0n) is 41.3. The number of ether oxygens (including phenoxy) is 6. The molecule has 0 radical (unpaired) electrons. The molecule has 0 aliphatic heterocycles. The van der Waals surface area contributed by atoms with E-state index in [1.165, 1.54) is 51.4 Å². The number of hydrogen-bond donors (Lipinski definition) is 0. The van der Waals surface area contributed by atoms with Crippen molar-refractivity contribution in [1.82, 2.24) is 0 Å². The lowest BCUT2D eigenvalue weighted by Crippen LogP contribution is -2.33. The third-order valence-corrected chi connectivity index (χ3v) is 20.5. The molecule has 6 heteroatoms. The summed E-state index contributed by atoms with van der Waals surface area (Å²) in [5, 5.41) is 0. The van der Waals surface area contributed by atoms with Crippen LogP contribution in [0.25, 0.3) is 0 Å². The summed E-state index contributed by atoms with van der Waals surface area (Å²) in [6, 6.07) is 20.5. The van der Waals surface area contributed by atoms with Crippen LogP contribution in [-0.2, 0) is 0 Å². The molecule has 11 rings (SSSR count). The monoisotopic (exact) mass is 871 g/mol. The highest BCUT2D eigenvalue weighted by Crippen LogP contribution is 2.75. The van der Waals surface area contributed by atoms with E-state index < -0.39 is 0 Å². The summed E-state index contributed by atoms with van der Waals surface area (Å²) < 4.78 is 42.3. The van der Waals surface area contributed by atoms with Crippen LogP contribution in [0.4, 0.5) is 0 Å². The van der Waals surface area contributed by atoms with Gasteiger partial charge in [-0.15, -0.1) is 0 Å². The molecule has 12 unspecified atom stereocenters. The normalized spacial score (nSPS) is 40.8. The topological polar surface area (TPSA) is 55.4 Å². The van der Waals surface area contributed by atoms with Crippen LogP contribution in [0.5, 0.6) is 46.0 Å². The molecule has 0 bridgehead atoms. The molecule has 12 atom stereocenters. The van der Waals surface area contributed by atoms with E-state index in [-0.39, 0.29) is 44.1 Å². The van der Waals surface area contributed by atoms with E-state index in [2.05, 4.69) is 119 Å². The zero-order chi connectivity index (χ0) is 45.0. The highest BCUT2D eigenvalue weighted by molar-refractivity contribution is 5.52. The van der Waals surface area contributed by atoms with Gasteiger partial charge in [0, 0.05) is 57.5 Å². The van der Waals surface area contributed by atoms with E-state index in [4.69, 9.17) is 28.4 Å². The van der Waals surface area contributed by atoms with Crippen molar-refractivity contribution in [2.75, 3.05) is 0 Å². The molecule has 0 amide bonds. The standard InChI is InChI=1S/C58H78O6/c1-35-13-25-47-51(5,6)55(47,31-35)61-43-23-21-41(29-45(43)63-57-33-37(3)15-27-49(57)53(57,9)10)59-39-17-19-40(20-18-39)60-42-22-24-44(62-56-32-36(2)14-26-48(56)52(56,7)8)46(30-42)64-58-34-38(4)16-28-50(58)54(58,11)12/h17-24,29-30,35-38,47-50H,13-16,25-28,31-34H2,1-12H3. The molecular weight excluding hydrogens is 793 g/mol. The fourth-order valence-electron chi connectivity index (χ4n) is 16.0. The smallest absolute Gasteiger partial charge is 0.165 e. The van der Waals surface area contributed by atoms with Gasteiger partial charge in [-0.05, 0) is 124 Å². The predicted molar refractivity (Wildman–Crippen MR) is 254 cm³/mol. The molecule has 3 aromatic carbocycles. The minimum Gasteiger partial charge on any atom is -0.482 e. The van der Waals surface area contributed by atoms with Crippen molar-refractivity contribution < 1.29 is 28.4 Å². The third kappa shape index (κ3) is 6.20. The van der Waals surface area contributed by atoms with Gasteiger partial charge in [0.25, 0.3) is 0 Å². The van der Waals surface area contributed by atoms with Gasteiger partial charge < -0.3 is 28.4 Å². The van der Waals surface area contributed by atoms with Gasteiger partial charge in [0.15, 0.2) is 23.0 Å². The Labute approximate surface area is 385 Å². The molecule has 0 N–H and O–H groups in total. The van der Waals surface area contributed by atoms with E-state index >= 15 is 0 Å². The lowest BCUT2D eigenvalue weighted by atomic mass is 9.88. The molecule has 0 spiro atoms. The molecule has 346 valence electrons. The number of hydrogen-bond acceptors (Lipinski definition) is 6. The largest absolute Gasteiger partial charge is 0.482 e. The Bertz CT molecular complexity index is 2150. The number of benzene rings is 3. The molecule has 0 saturated heterocycles. The number of rotatable bonds is 12. The van der Waals surface area contributed by atoms with Crippen LogP contribution in [0.1, 0.15) is 160 Å². The van der Waals surface area contributed by atoms with Crippen molar-refractivity contribution in [1.29, 1.82) is 0 Å². The minimum absolute atomic E-state index is 0.122. The maximum atomic E-state index is 7.31. The summed E-state index contributed by atoms with van der Waals surface area (Å²) >= 11 is 0. The first-order valence-corrected chi connectivity index (χ1v) is 25.7. The Balaban J connectivity index is 0.845. The second-order valence-corrected chi connectivity index (χ2v) is 25.5. The Hall–Kier alpha value is -3.54. The van der Waals surface area contributed by atoms with Crippen LogP contribution < -0.4 is 28.4 Å². The Morgan fingerprint density at radius 3 is 0.859 bits per heavy atom. The van der Waals surface area contributed by atoms with Gasteiger partial charge in [-0.2, -0.15) is 0 Å².